The molecule has 0 saturated carbocycles. The number of H-pyrrole nitrogens is 2. The van der Waals surface area contributed by atoms with Crippen molar-refractivity contribution in [2.24, 2.45) is 0 Å². The average molecular weight is 302 g/mol. The minimum atomic E-state index is -4.09. The predicted molar refractivity (Wildman–Crippen MR) is 70.1 cm³/mol. The lowest BCUT2D eigenvalue weighted by atomic mass is 10.4. The maximum Gasteiger partial charge on any atom is 0.325 e. The van der Waals surface area contributed by atoms with Crippen molar-refractivity contribution in [2.75, 3.05) is 4.72 Å². The van der Waals surface area contributed by atoms with Crippen LogP contribution < -0.4 is 16.0 Å². The Morgan fingerprint density at radius 1 is 1.26 bits per heavy atom. The molecule has 0 atom stereocenters. The normalized spacial score (nSPS) is 11.5. The van der Waals surface area contributed by atoms with Crippen LogP contribution in [0, 0.1) is 13.8 Å². The number of anilines is 1. The lowest BCUT2D eigenvalue weighted by Crippen LogP contribution is -2.31. The molecule has 0 aliphatic carbocycles. The van der Waals surface area contributed by atoms with Gasteiger partial charge in [0.15, 0.2) is 10.0 Å². The standard InChI is InChI=1S/C9H10N4O4S2/c1-4-3-10-9(18-4)13-19(16,17)6-5(2)11-8(15)12-7(6)14/h3H,1-2H3,(H,10,13)(H2,11,12,14,15). The van der Waals surface area contributed by atoms with Crippen molar-refractivity contribution >= 4 is 26.5 Å². The molecule has 0 aliphatic rings. The molecule has 0 amide bonds. The van der Waals surface area contributed by atoms with E-state index in [1.807, 2.05) is 4.98 Å². The molecule has 0 saturated heterocycles. The Kier molecular flexibility index (Phi) is 3.28. The van der Waals surface area contributed by atoms with Gasteiger partial charge in [0.05, 0.1) is 0 Å². The first-order valence-corrected chi connectivity index (χ1v) is 7.38. The third-order valence-electron chi connectivity index (χ3n) is 2.19. The van der Waals surface area contributed by atoms with Crippen LogP contribution in [0.15, 0.2) is 20.7 Å². The molecule has 0 bridgehead atoms. The third-order valence-corrected chi connectivity index (χ3v) is 4.64. The Morgan fingerprint density at radius 2 is 1.95 bits per heavy atom. The van der Waals surface area contributed by atoms with Crippen molar-refractivity contribution in [1.82, 2.24) is 15.0 Å². The first-order chi connectivity index (χ1) is 8.79. The van der Waals surface area contributed by atoms with E-state index in [4.69, 9.17) is 0 Å². The molecule has 0 aromatic carbocycles. The third kappa shape index (κ3) is 2.74. The maximum atomic E-state index is 12.1. The van der Waals surface area contributed by atoms with Gasteiger partial charge in [-0.05, 0) is 13.8 Å². The van der Waals surface area contributed by atoms with Crippen LogP contribution in [0.1, 0.15) is 10.6 Å². The van der Waals surface area contributed by atoms with Gasteiger partial charge in [0.25, 0.3) is 15.6 Å². The molecule has 2 heterocycles. The summed E-state index contributed by atoms with van der Waals surface area (Å²) in [5, 5.41) is 0.155. The zero-order valence-corrected chi connectivity index (χ0v) is 11.6. The monoisotopic (exact) mass is 302 g/mol. The number of sulfonamides is 1. The molecule has 0 fully saturated rings. The predicted octanol–water partition coefficient (Wildman–Crippen LogP) is -0.0627. The lowest BCUT2D eigenvalue weighted by Gasteiger charge is -2.06. The first kappa shape index (κ1) is 13.5. The molecular weight excluding hydrogens is 292 g/mol. The van der Waals surface area contributed by atoms with Crippen molar-refractivity contribution < 1.29 is 8.42 Å². The summed E-state index contributed by atoms with van der Waals surface area (Å²) in [4.78, 5) is 30.9. The van der Waals surface area contributed by atoms with Gasteiger partial charge in [-0.15, -0.1) is 11.3 Å². The molecule has 0 spiro atoms. The summed E-state index contributed by atoms with van der Waals surface area (Å²) in [5.41, 5.74) is -1.76. The smallest absolute Gasteiger partial charge is 0.310 e. The van der Waals surface area contributed by atoms with Crippen molar-refractivity contribution in [3.63, 3.8) is 0 Å². The quantitative estimate of drug-likeness (QED) is 0.732. The van der Waals surface area contributed by atoms with Crippen molar-refractivity contribution in [1.29, 1.82) is 0 Å². The highest BCUT2D eigenvalue weighted by molar-refractivity contribution is 7.93. The number of nitrogens with one attached hydrogen (secondary N) is 3. The summed E-state index contributed by atoms with van der Waals surface area (Å²) in [5.74, 6) is 0. The summed E-state index contributed by atoms with van der Waals surface area (Å²) in [6.07, 6.45) is 1.51. The van der Waals surface area contributed by atoms with Crippen LogP contribution in [0.25, 0.3) is 0 Å². The van der Waals surface area contributed by atoms with E-state index in [-0.39, 0.29) is 10.8 Å². The van der Waals surface area contributed by atoms with E-state index in [0.717, 1.165) is 16.2 Å². The second-order valence-electron chi connectivity index (χ2n) is 3.74. The van der Waals surface area contributed by atoms with Gasteiger partial charge in [0.2, 0.25) is 0 Å². The molecule has 2 rings (SSSR count). The van der Waals surface area contributed by atoms with E-state index < -0.39 is 26.2 Å². The second kappa shape index (κ2) is 4.63. The number of aromatic amines is 2. The van der Waals surface area contributed by atoms with Crippen LogP contribution >= 0.6 is 11.3 Å². The van der Waals surface area contributed by atoms with E-state index >= 15 is 0 Å². The molecule has 102 valence electrons. The van der Waals surface area contributed by atoms with Gasteiger partial charge in [-0.2, -0.15) is 0 Å². The van der Waals surface area contributed by atoms with Crippen LogP contribution in [-0.4, -0.2) is 23.4 Å². The molecule has 0 radical (unpaired) electrons. The van der Waals surface area contributed by atoms with Crippen LogP contribution in [0.5, 0.6) is 0 Å². The highest BCUT2D eigenvalue weighted by Gasteiger charge is 2.23. The molecule has 0 aliphatic heterocycles. The fraction of sp³-hybridized carbons (Fsp3) is 0.222. The number of hydrogen-bond donors (Lipinski definition) is 3. The van der Waals surface area contributed by atoms with E-state index in [9.17, 15) is 18.0 Å². The molecule has 0 unspecified atom stereocenters. The Labute approximate surface area is 111 Å². The molecule has 2 aromatic heterocycles. The number of aryl methyl sites for hydroxylation is 2. The summed E-state index contributed by atoms with van der Waals surface area (Å²) in [7, 11) is -4.09. The van der Waals surface area contributed by atoms with Gasteiger partial charge in [-0.3, -0.25) is 14.5 Å². The molecule has 8 nitrogen and oxygen atoms in total. The summed E-state index contributed by atoms with van der Waals surface area (Å²) < 4.78 is 26.3. The summed E-state index contributed by atoms with van der Waals surface area (Å²) in [6, 6.07) is 0. The Bertz CT molecular complexity index is 830. The van der Waals surface area contributed by atoms with Crippen LogP contribution in [0.2, 0.25) is 0 Å². The van der Waals surface area contributed by atoms with Gasteiger partial charge in [-0.25, -0.2) is 18.2 Å². The SMILES string of the molecule is Cc1cnc(NS(=O)(=O)c2c(C)[nH]c(=O)[nH]c2=O)s1. The fourth-order valence-electron chi connectivity index (χ4n) is 1.48. The van der Waals surface area contributed by atoms with E-state index in [1.54, 1.807) is 6.92 Å². The van der Waals surface area contributed by atoms with Crippen molar-refractivity contribution in [2.45, 2.75) is 18.7 Å². The van der Waals surface area contributed by atoms with Gasteiger partial charge in [-0.1, -0.05) is 0 Å². The minimum Gasteiger partial charge on any atom is -0.310 e. The maximum absolute atomic E-state index is 12.1. The Morgan fingerprint density at radius 3 is 2.47 bits per heavy atom. The second-order valence-corrected chi connectivity index (χ2v) is 6.60. The minimum absolute atomic E-state index is 0.0328. The number of rotatable bonds is 3. The van der Waals surface area contributed by atoms with Gasteiger partial charge < -0.3 is 4.98 Å². The molecular formula is C9H10N4O4S2. The van der Waals surface area contributed by atoms with Crippen LogP contribution in [0.4, 0.5) is 5.13 Å². The first-order valence-electron chi connectivity index (χ1n) is 5.08. The Hall–Kier alpha value is -1.94. The van der Waals surface area contributed by atoms with Crippen molar-refractivity contribution in [3.05, 3.63) is 37.6 Å². The largest absolute Gasteiger partial charge is 0.325 e. The molecule has 3 N–H and O–H groups in total. The average Bonchev–Trinajstić information content (AvgIpc) is 2.60. The number of nitrogens with zero attached hydrogens (tertiary/aromatic N) is 1. The van der Waals surface area contributed by atoms with Crippen molar-refractivity contribution in [3.8, 4) is 0 Å². The van der Waals surface area contributed by atoms with E-state index in [0.29, 0.717) is 0 Å². The van der Waals surface area contributed by atoms with Gasteiger partial charge >= 0.3 is 5.69 Å². The fourth-order valence-corrected chi connectivity index (χ4v) is 3.63. The highest BCUT2D eigenvalue weighted by Crippen LogP contribution is 2.20. The van der Waals surface area contributed by atoms with Crippen LogP contribution in [0.3, 0.4) is 0 Å². The summed E-state index contributed by atoms with van der Waals surface area (Å²) in [6.45, 7) is 3.10. The molecule has 2 aromatic rings. The number of thiazole rings is 1. The van der Waals surface area contributed by atoms with E-state index in [2.05, 4.69) is 14.7 Å². The zero-order valence-electron chi connectivity index (χ0n) is 9.97. The van der Waals surface area contributed by atoms with Crippen LogP contribution in [-0.2, 0) is 10.0 Å². The lowest BCUT2D eigenvalue weighted by molar-refractivity contribution is 0.598. The molecule has 10 heteroatoms. The number of hydrogen-bond acceptors (Lipinski definition) is 6. The topological polar surface area (TPSA) is 125 Å². The zero-order chi connectivity index (χ0) is 14.2. The highest BCUT2D eigenvalue weighted by atomic mass is 32.2. The van der Waals surface area contributed by atoms with E-state index in [1.165, 1.54) is 13.1 Å². The summed E-state index contributed by atoms with van der Waals surface area (Å²) >= 11 is 1.14. The van der Waals surface area contributed by atoms with Gasteiger partial charge in [0.1, 0.15) is 0 Å². The Balaban J connectivity index is 2.52. The molecule has 19 heavy (non-hydrogen) atoms. The van der Waals surface area contributed by atoms with Gasteiger partial charge in [0, 0.05) is 16.8 Å². The number of aromatic nitrogens is 3.